The lowest BCUT2D eigenvalue weighted by molar-refractivity contribution is -0.114. The summed E-state index contributed by atoms with van der Waals surface area (Å²) in [6.45, 7) is 2.73. The Bertz CT molecular complexity index is 1380. The summed E-state index contributed by atoms with van der Waals surface area (Å²) in [5.41, 5.74) is 3.27. The third-order valence-electron chi connectivity index (χ3n) is 5.50. The van der Waals surface area contributed by atoms with Gasteiger partial charge in [0.15, 0.2) is 5.11 Å². The lowest BCUT2D eigenvalue weighted by Gasteiger charge is -2.16. The molecule has 36 heavy (non-hydrogen) atoms. The average molecular weight is 627 g/mol. The minimum atomic E-state index is -0.215. The number of amides is 1. The van der Waals surface area contributed by atoms with Crippen LogP contribution in [0, 0.1) is 11.3 Å². The maximum atomic E-state index is 13.3. The van der Waals surface area contributed by atoms with Crippen molar-refractivity contribution in [2.45, 2.75) is 13.5 Å². The molecule has 3 aromatic carbocycles. The van der Waals surface area contributed by atoms with Crippen LogP contribution in [0.25, 0.3) is 6.08 Å². The lowest BCUT2D eigenvalue weighted by Crippen LogP contribution is -2.31. The fraction of sp³-hybridized carbons (Fsp3) is 0.148. The fourth-order valence-electron chi connectivity index (χ4n) is 3.71. The molecule has 1 amide bonds. The number of benzene rings is 3. The minimum Gasteiger partial charge on any atom is -0.494 e. The second-order valence-corrected chi connectivity index (χ2v) is 9.88. The van der Waals surface area contributed by atoms with Crippen LogP contribution in [-0.2, 0) is 11.4 Å². The van der Waals surface area contributed by atoms with Gasteiger partial charge in [-0.1, -0.05) is 18.2 Å². The molecule has 182 valence electrons. The summed E-state index contributed by atoms with van der Waals surface area (Å²) >= 11 is 12.7. The summed E-state index contributed by atoms with van der Waals surface area (Å²) < 4.78 is 12.9. The van der Waals surface area contributed by atoms with Gasteiger partial charge in [-0.05, 0) is 105 Å². The quantitative estimate of drug-likeness (QED) is 0.216. The van der Waals surface area contributed by atoms with E-state index in [2.05, 4.69) is 37.9 Å². The van der Waals surface area contributed by atoms with E-state index in [1.807, 2.05) is 61.5 Å². The van der Waals surface area contributed by atoms with Crippen molar-refractivity contribution in [1.29, 1.82) is 5.26 Å². The van der Waals surface area contributed by atoms with Gasteiger partial charge in [0, 0.05) is 12.6 Å². The highest BCUT2D eigenvalue weighted by Gasteiger charge is 2.36. The van der Waals surface area contributed by atoms with Crippen molar-refractivity contribution in [3.05, 3.63) is 92.0 Å². The monoisotopic (exact) mass is 625 g/mol. The number of hydrogen-bond donors (Lipinski definition) is 0. The van der Waals surface area contributed by atoms with Crippen LogP contribution in [0.1, 0.15) is 23.6 Å². The van der Waals surface area contributed by atoms with Gasteiger partial charge in [0.25, 0.3) is 5.91 Å². The molecular formula is C27H21Br2N3O3S. The maximum absolute atomic E-state index is 13.3. The summed E-state index contributed by atoms with van der Waals surface area (Å²) in [6, 6.07) is 20.5. The van der Waals surface area contributed by atoms with E-state index >= 15 is 0 Å². The number of nitriles is 1. The smallest absolute Gasteiger partial charge is 0.281 e. The summed E-state index contributed by atoms with van der Waals surface area (Å²) in [7, 11) is 1.77. The molecule has 3 aromatic rings. The zero-order valence-electron chi connectivity index (χ0n) is 19.5. The molecule has 1 aliphatic rings. The molecule has 0 bridgehead atoms. The molecule has 1 fully saturated rings. The van der Waals surface area contributed by atoms with E-state index < -0.39 is 0 Å². The highest BCUT2D eigenvalue weighted by Crippen LogP contribution is 2.37. The molecule has 0 aromatic heterocycles. The second-order valence-electron chi connectivity index (χ2n) is 7.81. The van der Waals surface area contributed by atoms with Crippen LogP contribution in [0.4, 0.5) is 5.69 Å². The van der Waals surface area contributed by atoms with Crippen molar-refractivity contribution >= 4 is 66.9 Å². The van der Waals surface area contributed by atoms with Gasteiger partial charge in [-0.3, -0.25) is 9.69 Å². The summed E-state index contributed by atoms with van der Waals surface area (Å²) in [5, 5.41) is 9.70. The summed E-state index contributed by atoms with van der Waals surface area (Å²) in [5.74, 6) is 1.12. The minimum absolute atomic E-state index is 0.215. The number of carbonyl (C=O) groups is 1. The molecule has 0 saturated carbocycles. The number of hydrogen-bond acceptors (Lipinski definition) is 5. The SMILES string of the molecule is CCOc1ccc(N2C(=O)/C(=C/c3cc(Br)c(OCc4ccccc4C#N)c(Br)c3)N(C)C2=S)cc1. The zero-order chi connectivity index (χ0) is 25.8. The molecule has 1 aliphatic heterocycles. The second kappa shape index (κ2) is 11.2. The molecule has 0 N–H and O–H groups in total. The highest BCUT2D eigenvalue weighted by atomic mass is 79.9. The van der Waals surface area contributed by atoms with Gasteiger partial charge in [-0.25, -0.2) is 0 Å². The Hall–Kier alpha value is -3.19. The molecule has 0 unspecified atom stereocenters. The third-order valence-corrected chi connectivity index (χ3v) is 7.14. The Balaban J connectivity index is 1.57. The van der Waals surface area contributed by atoms with Gasteiger partial charge in [0.2, 0.25) is 0 Å². The number of anilines is 1. The molecule has 1 heterocycles. The van der Waals surface area contributed by atoms with Crippen LogP contribution in [-0.4, -0.2) is 29.6 Å². The van der Waals surface area contributed by atoms with Gasteiger partial charge >= 0.3 is 0 Å². The molecule has 0 radical (unpaired) electrons. The standard InChI is InChI=1S/C27H21Br2N3O3S/c1-3-34-21-10-8-20(9-11-21)32-26(33)24(31(2)27(32)36)14-17-12-22(28)25(23(29)13-17)35-16-19-7-5-4-6-18(19)15-30/h4-14H,3,16H2,1-2H3/b24-14-. The van der Waals surface area contributed by atoms with Crippen molar-refractivity contribution < 1.29 is 14.3 Å². The number of likely N-dealkylation sites (N-methyl/N-ethyl adjacent to an activating group) is 1. The topological polar surface area (TPSA) is 65.8 Å². The molecular weight excluding hydrogens is 606 g/mol. The number of thiocarbonyl (C=S) groups is 1. The number of nitrogens with zero attached hydrogens (tertiary/aromatic N) is 3. The predicted octanol–water partition coefficient (Wildman–Crippen LogP) is 6.67. The van der Waals surface area contributed by atoms with Crippen LogP contribution >= 0.6 is 44.1 Å². The van der Waals surface area contributed by atoms with Gasteiger partial charge in [-0.2, -0.15) is 5.26 Å². The first-order chi connectivity index (χ1) is 17.3. The number of halogens is 2. The van der Waals surface area contributed by atoms with E-state index in [0.29, 0.717) is 43.4 Å². The first-order valence-electron chi connectivity index (χ1n) is 11.0. The van der Waals surface area contributed by atoms with E-state index in [0.717, 1.165) is 16.9 Å². The zero-order valence-corrected chi connectivity index (χ0v) is 23.5. The Morgan fingerprint density at radius 2 is 1.72 bits per heavy atom. The van der Waals surface area contributed by atoms with Crippen molar-refractivity contribution in [2.24, 2.45) is 0 Å². The van der Waals surface area contributed by atoms with E-state index in [1.165, 1.54) is 4.90 Å². The average Bonchev–Trinajstić information content (AvgIpc) is 3.07. The molecule has 0 atom stereocenters. The van der Waals surface area contributed by atoms with Gasteiger partial charge in [0.05, 0.1) is 32.9 Å². The summed E-state index contributed by atoms with van der Waals surface area (Å²) in [6.07, 6.45) is 1.79. The van der Waals surface area contributed by atoms with Gasteiger partial charge < -0.3 is 14.4 Å². The molecule has 1 saturated heterocycles. The fourth-order valence-corrected chi connectivity index (χ4v) is 5.44. The molecule has 6 nitrogen and oxygen atoms in total. The maximum Gasteiger partial charge on any atom is 0.281 e. The number of rotatable bonds is 7. The Morgan fingerprint density at radius 3 is 2.36 bits per heavy atom. The lowest BCUT2D eigenvalue weighted by atomic mass is 10.1. The van der Waals surface area contributed by atoms with Crippen LogP contribution in [0.15, 0.2) is 75.3 Å². The van der Waals surface area contributed by atoms with Crippen LogP contribution in [0.3, 0.4) is 0 Å². The Labute approximate surface area is 232 Å². The van der Waals surface area contributed by atoms with Crippen LogP contribution in [0.5, 0.6) is 11.5 Å². The van der Waals surface area contributed by atoms with E-state index in [1.54, 1.807) is 24.1 Å². The predicted molar refractivity (Wildman–Crippen MR) is 151 cm³/mol. The number of ether oxygens (including phenoxy) is 2. The van der Waals surface area contributed by atoms with Gasteiger partial charge in [-0.15, -0.1) is 0 Å². The number of carbonyl (C=O) groups excluding carboxylic acids is 1. The van der Waals surface area contributed by atoms with Crippen molar-refractivity contribution in [1.82, 2.24) is 4.90 Å². The molecule has 0 aliphatic carbocycles. The Morgan fingerprint density at radius 1 is 1.06 bits per heavy atom. The van der Waals surface area contributed by atoms with Crippen LogP contribution < -0.4 is 14.4 Å². The first kappa shape index (κ1) is 25.9. The van der Waals surface area contributed by atoms with Crippen LogP contribution in [0.2, 0.25) is 0 Å². The van der Waals surface area contributed by atoms with Crippen molar-refractivity contribution in [3.63, 3.8) is 0 Å². The first-order valence-corrected chi connectivity index (χ1v) is 13.0. The van der Waals surface area contributed by atoms with Gasteiger partial charge in [0.1, 0.15) is 23.8 Å². The normalized spacial score (nSPS) is 14.4. The highest BCUT2D eigenvalue weighted by molar-refractivity contribution is 9.11. The largest absolute Gasteiger partial charge is 0.494 e. The molecule has 4 rings (SSSR count). The molecule has 9 heteroatoms. The van der Waals surface area contributed by atoms with Crippen molar-refractivity contribution in [3.8, 4) is 17.6 Å². The molecule has 0 spiro atoms. The van der Waals surface area contributed by atoms with E-state index in [9.17, 15) is 10.1 Å². The summed E-state index contributed by atoms with van der Waals surface area (Å²) in [4.78, 5) is 16.5. The van der Waals surface area contributed by atoms with E-state index in [4.69, 9.17) is 21.7 Å². The Kier molecular flexibility index (Phi) is 8.09. The van der Waals surface area contributed by atoms with Crippen molar-refractivity contribution in [2.75, 3.05) is 18.6 Å². The third kappa shape index (κ3) is 5.31. The van der Waals surface area contributed by atoms with E-state index in [-0.39, 0.29) is 12.5 Å².